The van der Waals surface area contributed by atoms with Gasteiger partial charge in [-0.2, -0.15) is 0 Å². The van der Waals surface area contributed by atoms with E-state index in [1.54, 1.807) is 30.9 Å². The number of H-pyrrole nitrogens is 1. The Morgan fingerprint density at radius 3 is 2.84 bits per heavy atom. The fourth-order valence-electron chi connectivity index (χ4n) is 2.38. The van der Waals surface area contributed by atoms with Crippen LogP contribution in [0.15, 0.2) is 55.1 Å². The van der Waals surface area contributed by atoms with Crippen molar-refractivity contribution in [3.63, 3.8) is 0 Å². The summed E-state index contributed by atoms with van der Waals surface area (Å²) >= 11 is 0. The second-order valence-corrected chi connectivity index (χ2v) is 5.28. The predicted octanol–water partition coefficient (Wildman–Crippen LogP) is 2.35. The summed E-state index contributed by atoms with van der Waals surface area (Å²) in [4.78, 5) is 14.1. The Labute approximate surface area is 142 Å². The van der Waals surface area contributed by atoms with E-state index < -0.39 is 5.82 Å². The summed E-state index contributed by atoms with van der Waals surface area (Å²) in [6.45, 7) is 0. The lowest BCUT2D eigenvalue weighted by molar-refractivity contribution is 0.621. The molecule has 0 radical (unpaired) electrons. The number of benzene rings is 1. The number of tetrazole rings is 1. The average molecular weight is 336 g/mol. The van der Waals surface area contributed by atoms with E-state index in [1.165, 1.54) is 16.9 Å². The smallest absolute Gasteiger partial charge is 0.240 e. The number of anilines is 2. The van der Waals surface area contributed by atoms with Gasteiger partial charge in [-0.05, 0) is 29.5 Å². The molecule has 0 spiro atoms. The lowest BCUT2D eigenvalue weighted by Gasteiger charge is -2.19. The van der Waals surface area contributed by atoms with Gasteiger partial charge in [-0.1, -0.05) is 0 Å². The molecule has 25 heavy (non-hydrogen) atoms. The Morgan fingerprint density at radius 2 is 2.08 bits per heavy atom. The standard InChI is InChI=1S/C16H13FN8/c1-24(12-3-2-4-18-10-12)13-7-11(17)8-14(9-13)25-22-16(21-23-25)15-19-5-6-20-15/h2-10H,1H3,(H,19,20). The van der Waals surface area contributed by atoms with Crippen LogP contribution in [-0.2, 0) is 0 Å². The highest BCUT2D eigenvalue weighted by Crippen LogP contribution is 2.25. The minimum absolute atomic E-state index is 0.330. The highest BCUT2D eigenvalue weighted by molar-refractivity contribution is 5.64. The topological polar surface area (TPSA) is 88.4 Å². The first kappa shape index (κ1) is 14.9. The molecular formula is C16H13FN8. The molecule has 0 aliphatic carbocycles. The molecule has 1 aromatic carbocycles. The monoisotopic (exact) mass is 336 g/mol. The first-order valence-corrected chi connectivity index (χ1v) is 7.45. The van der Waals surface area contributed by atoms with E-state index >= 15 is 0 Å². The predicted molar refractivity (Wildman–Crippen MR) is 89.0 cm³/mol. The number of pyridine rings is 1. The molecule has 0 bridgehead atoms. The number of aromatic nitrogens is 7. The Balaban J connectivity index is 1.71. The summed E-state index contributed by atoms with van der Waals surface area (Å²) < 4.78 is 14.1. The molecule has 0 unspecified atom stereocenters. The molecule has 0 fully saturated rings. The van der Waals surface area contributed by atoms with Crippen molar-refractivity contribution >= 4 is 11.4 Å². The fraction of sp³-hybridized carbons (Fsp3) is 0.0625. The highest BCUT2D eigenvalue weighted by Gasteiger charge is 2.13. The van der Waals surface area contributed by atoms with Crippen molar-refractivity contribution in [3.05, 3.63) is 60.9 Å². The number of nitrogens with zero attached hydrogens (tertiary/aromatic N) is 7. The lowest BCUT2D eigenvalue weighted by Crippen LogP contribution is -2.11. The van der Waals surface area contributed by atoms with E-state index in [-0.39, 0.29) is 0 Å². The van der Waals surface area contributed by atoms with Gasteiger partial charge in [-0.15, -0.1) is 15.0 Å². The van der Waals surface area contributed by atoms with Crippen LogP contribution < -0.4 is 4.90 Å². The zero-order valence-electron chi connectivity index (χ0n) is 13.2. The molecule has 8 nitrogen and oxygen atoms in total. The maximum atomic E-state index is 14.1. The molecule has 0 aliphatic rings. The van der Waals surface area contributed by atoms with E-state index in [0.717, 1.165) is 5.69 Å². The number of aromatic amines is 1. The fourth-order valence-corrected chi connectivity index (χ4v) is 2.38. The molecule has 0 amide bonds. The van der Waals surface area contributed by atoms with Gasteiger partial charge in [0.25, 0.3) is 0 Å². The van der Waals surface area contributed by atoms with Gasteiger partial charge in [-0.25, -0.2) is 9.37 Å². The van der Waals surface area contributed by atoms with Gasteiger partial charge < -0.3 is 9.88 Å². The third kappa shape index (κ3) is 2.94. The summed E-state index contributed by atoms with van der Waals surface area (Å²) in [7, 11) is 1.83. The first-order chi connectivity index (χ1) is 12.2. The number of hydrogen-bond donors (Lipinski definition) is 1. The van der Waals surface area contributed by atoms with Crippen LogP contribution in [0.1, 0.15) is 0 Å². The molecule has 0 aliphatic heterocycles. The second kappa shape index (κ2) is 6.11. The van der Waals surface area contributed by atoms with E-state index in [1.807, 2.05) is 24.1 Å². The van der Waals surface area contributed by atoms with Crippen molar-refractivity contribution in [2.45, 2.75) is 0 Å². The molecule has 1 N–H and O–H groups in total. The molecule has 0 atom stereocenters. The average Bonchev–Trinajstić information content (AvgIpc) is 3.32. The van der Waals surface area contributed by atoms with Crippen LogP contribution in [0.2, 0.25) is 0 Å². The van der Waals surface area contributed by atoms with E-state index in [4.69, 9.17) is 0 Å². The summed E-state index contributed by atoms with van der Waals surface area (Å²) in [5.74, 6) is 0.423. The SMILES string of the molecule is CN(c1cccnc1)c1cc(F)cc(-n2nnc(-c3ncc[nH]3)n2)c1. The van der Waals surface area contributed by atoms with Crippen molar-refractivity contribution in [3.8, 4) is 17.3 Å². The molecular weight excluding hydrogens is 323 g/mol. The highest BCUT2D eigenvalue weighted by atomic mass is 19.1. The maximum Gasteiger partial charge on any atom is 0.240 e. The van der Waals surface area contributed by atoms with Crippen molar-refractivity contribution < 1.29 is 4.39 Å². The third-order valence-corrected chi connectivity index (χ3v) is 3.64. The quantitative estimate of drug-likeness (QED) is 0.615. The zero-order chi connectivity index (χ0) is 17.2. The van der Waals surface area contributed by atoms with Crippen LogP contribution in [0.5, 0.6) is 0 Å². The lowest BCUT2D eigenvalue weighted by atomic mass is 10.2. The normalized spacial score (nSPS) is 10.8. The summed E-state index contributed by atoms with van der Waals surface area (Å²) in [6, 6.07) is 8.25. The van der Waals surface area contributed by atoms with E-state index in [9.17, 15) is 4.39 Å². The molecule has 0 saturated heterocycles. The molecule has 3 heterocycles. The van der Waals surface area contributed by atoms with E-state index in [0.29, 0.717) is 23.0 Å². The van der Waals surface area contributed by atoms with Crippen LogP contribution in [0.3, 0.4) is 0 Å². The van der Waals surface area contributed by atoms with Gasteiger partial charge in [0.05, 0.1) is 17.6 Å². The molecule has 124 valence electrons. The Hall–Kier alpha value is -3.62. The van der Waals surface area contributed by atoms with Crippen LogP contribution >= 0.6 is 0 Å². The van der Waals surface area contributed by atoms with Gasteiger partial charge in [0.15, 0.2) is 5.82 Å². The number of imidazole rings is 1. The van der Waals surface area contributed by atoms with Gasteiger partial charge in [0.1, 0.15) is 5.82 Å². The van der Waals surface area contributed by atoms with Crippen LogP contribution in [0.4, 0.5) is 15.8 Å². The maximum absolute atomic E-state index is 14.1. The Kier molecular flexibility index (Phi) is 3.65. The van der Waals surface area contributed by atoms with Crippen molar-refractivity contribution in [1.82, 2.24) is 35.2 Å². The van der Waals surface area contributed by atoms with Crippen LogP contribution in [0, 0.1) is 5.82 Å². The summed E-state index contributed by atoms with van der Waals surface area (Å²) in [5.41, 5.74) is 1.93. The molecule has 0 saturated carbocycles. The Bertz CT molecular complexity index is 981. The van der Waals surface area contributed by atoms with Crippen molar-refractivity contribution in [1.29, 1.82) is 0 Å². The summed E-state index contributed by atoms with van der Waals surface area (Å²) in [6.07, 6.45) is 6.65. The van der Waals surface area contributed by atoms with Gasteiger partial charge in [0, 0.05) is 37.4 Å². The summed E-state index contributed by atoms with van der Waals surface area (Å²) in [5, 5.41) is 12.2. The van der Waals surface area contributed by atoms with Gasteiger partial charge in [-0.3, -0.25) is 4.98 Å². The van der Waals surface area contributed by atoms with E-state index in [2.05, 4.69) is 30.4 Å². The number of rotatable bonds is 4. The van der Waals surface area contributed by atoms with Gasteiger partial charge in [0.2, 0.25) is 5.82 Å². The second-order valence-electron chi connectivity index (χ2n) is 5.28. The van der Waals surface area contributed by atoms with Crippen molar-refractivity contribution in [2.24, 2.45) is 0 Å². The minimum atomic E-state index is -0.403. The molecule has 4 rings (SSSR count). The molecule has 3 aromatic heterocycles. The van der Waals surface area contributed by atoms with Crippen molar-refractivity contribution in [2.75, 3.05) is 11.9 Å². The number of nitrogens with one attached hydrogen (secondary N) is 1. The van der Waals surface area contributed by atoms with Crippen LogP contribution in [-0.4, -0.2) is 42.2 Å². The van der Waals surface area contributed by atoms with Gasteiger partial charge >= 0.3 is 0 Å². The first-order valence-electron chi connectivity index (χ1n) is 7.45. The number of halogens is 1. The molecule has 4 aromatic rings. The van der Waals surface area contributed by atoms with Crippen LogP contribution in [0.25, 0.3) is 17.3 Å². The Morgan fingerprint density at radius 1 is 1.16 bits per heavy atom. The minimum Gasteiger partial charge on any atom is -0.343 e. The largest absolute Gasteiger partial charge is 0.343 e. The number of hydrogen-bond acceptors (Lipinski definition) is 6. The zero-order valence-corrected chi connectivity index (χ0v) is 13.2. The third-order valence-electron chi connectivity index (χ3n) is 3.64. The molecule has 9 heteroatoms.